The standard InChI is InChI=1S/C40H65N3O13/c1-25(2)28(17-27-13-14-31(50-10)33(18-27)52-16-12-15-49-9)19-30-32(20-29(26(3)4)34(44)42-21-39(5,6)35(41)45)54-23-43(30)37(47)55-24-56-38(48)53-22-40(7,8)36(46)51-11/h13-14,18,25-26,28-30,32H,12,15-17,19-24H2,1-11H3,(H2,41,45)(H,42,44)/t28-,29-,30-,32-/m0/s1. The van der Waals surface area contributed by atoms with Crippen molar-refractivity contribution in [1.82, 2.24) is 10.2 Å². The molecule has 1 heterocycles. The number of rotatable bonds is 23. The van der Waals surface area contributed by atoms with Gasteiger partial charge in [-0.15, -0.1) is 0 Å². The van der Waals surface area contributed by atoms with E-state index >= 15 is 0 Å². The van der Waals surface area contributed by atoms with Gasteiger partial charge in [0, 0.05) is 32.6 Å². The molecule has 1 aromatic rings. The number of esters is 1. The van der Waals surface area contributed by atoms with Gasteiger partial charge in [0.1, 0.15) is 13.3 Å². The number of amides is 3. The average molecular weight is 796 g/mol. The number of benzene rings is 1. The van der Waals surface area contributed by atoms with E-state index in [4.69, 9.17) is 43.6 Å². The Kier molecular flexibility index (Phi) is 19.2. The van der Waals surface area contributed by atoms with Gasteiger partial charge in [-0.2, -0.15) is 0 Å². The second kappa shape index (κ2) is 22.4. The molecular weight excluding hydrogens is 730 g/mol. The van der Waals surface area contributed by atoms with Crippen LogP contribution in [0.2, 0.25) is 0 Å². The lowest BCUT2D eigenvalue weighted by Gasteiger charge is -2.33. The summed E-state index contributed by atoms with van der Waals surface area (Å²) in [6.07, 6.45) is -0.365. The molecule has 0 aliphatic carbocycles. The van der Waals surface area contributed by atoms with Crippen LogP contribution in [-0.2, 0) is 49.2 Å². The molecular formula is C40H65N3O13. The smallest absolute Gasteiger partial charge is 0.493 e. The summed E-state index contributed by atoms with van der Waals surface area (Å²) < 4.78 is 43.0. The summed E-state index contributed by atoms with van der Waals surface area (Å²) >= 11 is 0. The maximum Gasteiger partial charge on any atom is 0.511 e. The number of methoxy groups -OCH3 is 3. The first-order chi connectivity index (χ1) is 26.3. The van der Waals surface area contributed by atoms with Crippen molar-refractivity contribution < 1.29 is 61.9 Å². The molecule has 0 saturated carbocycles. The van der Waals surface area contributed by atoms with Gasteiger partial charge < -0.3 is 48.9 Å². The Balaban J connectivity index is 2.32. The Bertz CT molecular complexity index is 1450. The molecule has 1 fully saturated rings. The minimum atomic E-state index is -1.13. The van der Waals surface area contributed by atoms with Crippen LogP contribution in [0.1, 0.15) is 80.2 Å². The van der Waals surface area contributed by atoms with Gasteiger partial charge in [-0.25, -0.2) is 9.59 Å². The zero-order chi connectivity index (χ0) is 42.2. The number of hydrogen-bond donors (Lipinski definition) is 2. The van der Waals surface area contributed by atoms with Crippen molar-refractivity contribution in [3.63, 3.8) is 0 Å². The summed E-state index contributed by atoms with van der Waals surface area (Å²) in [6.45, 7) is 14.4. The lowest BCUT2D eigenvalue weighted by Crippen LogP contribution is -2.47. The Morgan fingerprint density at radius 1 is 0.911 bits per heavy atom. The molecule has 3 N–H and O–H groups in total. The number of primary amides is 1. The van der Waals surface area contributed by atoms with Gasteiger partial charge in [-0.3, -0.25) is 19.3 Å². The highest BCUT2D eigenvalue weighted by Gasteiger charge is 2.43. The van der Waals surface area contributed by atoms with Crippen molar-refractivity contribution in [1.29, 1.82) is 0 Å². The minimum absolute atomic E-state index is 0.0290. The summed E-state index contributed by atoms with van der Waals surface area (Å²) in [5, 5.41) is 2.89. The summed E-state index contributed by atoms with van der Waals surface area (Å²) in [6, 6.07) is 5.30. The van der Waals surface area contributed by atoms with E-state index in [0.29, 0.717) is 44.0 Å². The van der Waals surface area contributed by atoms with Crippen molar-refractivity contribution >= 4 is 30.0 Å². The summed E-state index contributed by atoms with van der Waals surface area (Å²) in [7, 11) is 4.46. The monoisotopic (exact) mass is 795 g/mol. The number of nitrogens with one attached hydrogen (secondary N) is 1. The van der Waals surface area contributed by atoms with E-state index in [1.165, 1.54) is 12.0 Å². The van der Waals surface area contributed by atoms with Crippen LogP contribution in [0.25, 0.3) is 0 Å². The molecule has 1 aliphatic rings. The first-order valence-electron chi connectivity index (χ1n) is 19.1. The molecule has 16 heteroatoms. The van der Waals surface area contributed by atoms with E-state index in [1.807, 2.05) is 32.0 Å². The normalized spacial score (nSPS) is 16.9. The van der Waals surface area contributed by atoms with Crippen LogP contribution in [0.15, 0.2) is 18.2 Å². The predicted octanol–water partition coefficient (Wildman–Crippen LogP) is 5.08. The third kappa shape index (κ3) is 14.6. The summed E-state index contributed by atoms with van der Waals surface area (Å²) in [5.41, 5.74) is 4.49. The van der Waals surface area contributed by atoms with Crippen molar-refractivity contribution in [2.45, 2.75) is 93.2 Å². The largest absolute Gasteiger partial charge is 0.511 e. The van der Waals surface area contributed by atoms with E-state index in [2.05, 4.69) is 19.2 Å². The second-order valence-electron chi connectivity index (χ2n) is 16.1. The fraction of sp³-hybridized carbons (Fsp3) is 0.725. The van der Waals surface area contributed by atoms with Crippen LogP contribution in [0, 0.1) is 34.5 Å². The molecule has 4 atom stereocenters. The van der Waals surface area contributed by atoms with Gasteiger partial charge in [-0.1, -0.05) is 33.8 Å². The zero-order valence-electron chi connectivity index (χ0n) is 35.1. The van der Waals surface area contributed by atoms with Gasteiger partial charge in [0.05, 0.1) is 43.8 Å². The number of nitrogens with zero attached hydrogens (tertiary/aromatic N) is 1. The SMILES string of the molecule is COCCCOc1cc(C[C@@H](C[C@H]2[C@H](C[C@H](C(=O)NCC(C)(C)C(N)=O)C(C)C)OCN2C(=O)OCOC(=O)OCC(C)(C)C(=O)OC)C(C)C)ccc1OC. The number of nitrogens with two attached hydrogens (primary N) is 1. The molecule has 0 unspecified atom stereocenters. The predicted molar refractivity (Wildman–Crippen MR) is 206 cm³/mol. The Morgan fingerprint density at radius 2 is 1.61 bits per heavy atom. The lowest BCUT2D eigenvalue weighted by molar-refractivity contribution is -0.153. The number of carbonyl (C=O) groups excluding carboxylic acids is 5. The van der Waals surface area contributed by atoms with E-state index in [0.717, 1.165) is 5.56 Å². The van der Waals surface area contributed by atoms with Crippen LogP contribution in [-0.4, -0.2) is 108 Å². The molecule has 1 aromatic carbocycles. The summed E-state index contributed by atoms with van der Waals surface area (Å²) in [4.78, 5) is 64.7. The van der Waals surface area contributed by atoms with Crippen LogP contribution in [0.3, 0.4) is 0 Å². The Hall–Kier alpha value is -4.31. The van der Waals surface area contributed by atoms with Crippen LogP contribution in [0.4, 0.5) is 9.59 Å². The highest BCUT2D eigenvalue weighted by Crippen LogP contribution is 2.36. The van der Waals surface area contributed by atoms with Crippen LogP contribution >= 0.6 is 0 Å². The Labute approximate surface area is 331 Å². The molecule has 3 amide bonds. The highest BCUT2D eigenvalue weighted by atomic mass is 16.8. The molecule has 1 aliphatic heterocycles. The van der Waals surface area contributed by atoms with Gasteiger partial charge in [0.25, 0.3) is 0 Å². The maximum atomic E-state index is 13.6. The highest BCUT2D eigenvalue weighted by molar-refractivity contribution is 5.83. The first-order valence-corrected chi connectivity index (χ1v) is 19.1. The van der Waals surface area contributed by atoms with Crippen LogP contribution in [0.5, 0.6) is 11.5 Å². The fourth-order valence-corrected chi connectivity index (χ4v) is 6.11. The Morgan fingerprint density at radius 3 is 2.20 bits per heavy atom. The van der Waals surface area contributed by atoms with Crippen LogP contribution < -0.4 is 20.5 Å². The maximum absolute atomic E-state index is 13.6. The third-order valence-electron chi connectivity index (χ3n) is 10.1. The number of hydrogen-bond acceptors (Lipinski definition) is 13. The van der Waals surface area contributed by atoms with Crippen molar-refractivity contribution in [3.05, 3.63) is 23.8 Å². The molecule has 0 spiro atoms. The number of ether oxygens (including phenoxy) is 8. The van der Waals surface area contributed by atoms with Gasteiger partial charge in [0.2, 0.25) is 18.6 Å². The second-order valence-corrected chi connectivity index (χ2v) is 16.1. The lowest BCUT2D eigenvalue weighted by atomic mass is 9.80. The first kappa shape index (κ1) is 47.8. The molecule has 0 bridgehead atoms. The van der Waals surface area contributed by atoms with Crippen molar-refractivity contribution in [2.75, 3.05) is 61.2 Å². The van der Waals surface area contributed by atoms with E-state index < -0.39 is 59.8 Å². The van der Waals surface area contributed by atoms with E-state index in [9.17, 15) is 24.0 Å². The molecule has 2 rings (SSSR count). The van der Waals surface area contributed by atoms with Gasteiger partial charge >= 0.3 is 18.2 Å². The topological polar surface area (TPSA) is 200 Å². The van der Waals surface area contributed by atoms with Gasteiger partial charge in [-0.05, 0) is 82.4 Å². The van der Waals surface area contributed by atoms with Crippen molar-refractivity contribution in [3.8, 4) is 11.5 Å². The fourth-order valence-electron chi connectivity index (χ4n) is 6.11. The molecule has 0 radical (unpaired) electrons. The van der Waals surface area contributed by atoms with E-state index in [-0.39, 0.29) is 50.0 Å². The summed E-state index contributed by atoms with van der Waals surface area (Å²) in [5.74, 6) is -0.566. The molecule has 318 valence electrons. The van der Waals surface area contributed by atoms with E-state index in [1.54, 1.807) is 41.9 Å². The third-order valence-corrected chi connectivity index (χ3v) is 10.1. The number of carbonyl (C=O) groups is 5. The zero-order valence-corrected chi connectivity index (χ0v) is 35.1. The molecule has 1 saturated heterocycles. The quantitative estimate of drug-likeness (QED) is 0.0644. The minimum Gasteiger partial charge on any atom is -0.493 e. The molecule has 16 nitrogen and oxygen atoms in total. The molecule has 56 heavy (non-hydrogen) atoms. The molecule has 0 aromatic heterocycles. The van der Waals surface area contributed by atoms with Crippen molar-refractivity contribution in [2.24, 2.45) is 40.2 Å². The average Bonchev–Trinajstić information content (AvgIpc) is 3.54. The van der Waals surface area contributed by atoms with Gasteiger partial charge in [0.15, 0.2) is 11.5 Å².